The van der Waals surface area contributed by atoms with Gasteiger partial charge in [0.1, 0.15) is 0 Å². The molecule has 0 amide bonds. The summed E-state index contributed by atoms with van der Waals surface area (Å²) < 4.78 is 5.36. The first-order valence-corrected chi connectivity index (χ1v) is 7.48. The maximum absolute atomic E-state index is 9.46. The normalized spacial score (nSPS) is 31.7. The van der Waals surface area contributed by atoms with Gasteiger partial charge >= 0.3 is 0 Å². The minimum absolute atomic E-state index is 0.321. The van der Waals surface area contributed by atoms with Crippen molar-refractivity contribution >= 4 is 0 Å². The molecule has 2 fully saturated rings. The van der Waals surface area contributed by atoms with E-state index in [1.54, 1.807) is 0 Å². The van der Waals surface area contributed by atoms with Gasteiger partial charge in [0, 0.05) is 31.7 Å². The quantitative estimate of drug-likeness (QED) is 0.794. The zero-order valence-electron chi connectivity index (χ0n) is 11.7. The lowest BCUT2D eigenvalue weighted by molar-refractivity contribution is 0.0262. The van der Waals surface area contributed by atoms with Crippen LogP contribution in [0.5, 0.6) is 0 Å². The third-order valence-electron chi connectivity index (χ3n) is 4.40. The molecule has 2 aliphatic heterocycles. The molecule has 2 unspecified atom stereocenters. The Balaban J connectivity index is 1.69. The third-order valence-corrected chi connectivity index (χ3v) is 4.40. The fraction of sp³-hybridized carbons (Fsp3) is 1.00. The maximum atomic E-state index is 9.46. The lowest BCUT2D eigenvalue weighted by atomic mass is 9.96. The Hall–Kier alpha value is -0.160. The topological polar surface area (TPSA) is 35.9 Å². The summed E-state index contributed by atoms with van der Waals surface area (Å²) in [4.78, 5) is 5.01. The number of aliphatic hydroxyl groups excluding tert-OH is 1. The standard InChI is InChI=1S/C14H28N2O2/c1-13-4-2-5-14(12-17)16(13)7-3-6-15-8-10-18-11-9-15/h13-14,17H,2-12H2,1H3. The van der Waals surface area contributed by atoms with E-state index >= 15 is 0 Å². The molecule has 2 saturated heterocycles. The van der Waals surface area contributed by atoms with Crippen molar-refractivity contribution in [3.8, 4) is 0 Å². The number of hydrogen-bond acceptors (Lipinski definition) is 4. The zero-order chi connectivity index (χ0) is 12.8. The molecular weight excluding hydrogens is 228 g/mol. The van der Waals surface area contributed by atoms with E-state index in [2.05, 4.69) is 16.7 Å². The number of rotatable bonds is 5. The molecular formula is C14H28N2O2. The van der Waals surface area contributed by atoms with Gasteiger partial charge in [-0.25, -0.2) is 0 Å². The van der Waals surface area contributed by atoms with Crippen molar-refractivity contribution in [1.82, 2.24) is 9.80 Å². The number of ether oxygens (including phenoxy) is 1. The average molecular weight is 256 g/mol. The first-order valence-electron chi connectivity index (χ1n) is 7.48. The average Bonchev–Trinajstić information content (AvgIpc) is 2.41. The highest BCUT2D eigenvalue weighted by atomic mass is 16.5. The van der Waals surface area contributed by atoms with Crippen LogP contribution in [0.2, 0.25) is 0 Å². The van der Waals surface area contributed by atoms with Crippen LogP contribution in [-0.2, 0) is 4.74 Å². The summed E-state index contributed by atoms with van der Waals surface area (Å²) in [5.74, 6) is 0. The zero-order valence-corrected chi connectivity index (χ0v) is 11.7. The van der Waals surface area contributed by atoms with Gasteiger partial charge in [0.2, 0.25) is 0 Å². The number of piperidine rings is 1. The smallest absolute Gasteiger partial charge is 0.0594 e. The van der Waals surface area contributed by atoms with Gasteiger partial charge < -0.3 is 9.84 Å². The summed E-state index contributed by atoms with van der Waals surface area (Å²) in [7, 11) is 0. The molecule has 0 spiro atoms. The second-order valence-electron chi connectivity index (χ2n) is 5.66. The van der Waals surface area contributed by atoms with Gasteiger partial charge in [-0.3, -0.25) is 9.80 Å². The molecule has 1 N–H and O–H groups in total. The van der Waals surface area contributed by atoms with Crippen LogP contribution in [0.25, 0.3) is 0 Å². The van der Waals surface area contributed by atoms with Crippen LogP contribution in [0, 0.1) is 0 Å². The minimum atomic E-state index is 0.321. The van der Waals surface area contributed by atoms with Crippen molar-refractivity contribution < 1.29 is 9.84 Å². The number of likely N-dealkylation sites (tertiary alicyclic amines) is 1. The lowest BCUT2D eigenvalue weighted by Gasteiger charge is -2.40. The monoisotopic (exact) mass is 256 g/mol. The number of hydrogen-bond donors (Lipinski definition) is 1. The molecule has 0 aromatic rings. The van der Waals surface area contributed by atoms with Crippen LogP contribution < -0.4 is 0 Å². The maximum Gasteiger partial charge on any atom is 0.0594 e. The van der Waals surface area contributed by atoms with Crippen LogP contribution in [-0.4, -0.2) is 73.0 Å². The first kappa shape index (κ1) is 14.3. The molecule has 0 saturated carbocycles. The van der Waals surface area contributed by atoms with E-state index in [1.165, 1.54) is 32.2 Å². The third kappa shape index (κ3) is 3.92. The summed E-state index contributed by atoms with van der Waals surface area (Å²) in [6.07, 6.45) is 4.93. The van der Waals surface area contributed by atoms with Crippen molar-refractivity contribution in [2.24, 2.45) is 0 Å². The Bertz CT molecular complexity index is 232. The van der Waals surface area contributed by atoms with Gasteiger partial charge in [-0.15, -0.1) is 0 Å². The number of morpholine rings is 1. The van der Waals surface area contributed by atoms with Gasteiger partial charge in [-0.05, 0) is 32.7 Å². The lowest BCUT2D eigenvalue weighted by Crippen LogP contribution is -2.48. The summed E-state index contributed by atoms with van der Waals surface area (Å²) in [5, 5.41) is 9.46. The molecule has 2 atom stereocenters. The van der Waals surface area contributed by atoms with Crippen molar-refractivity contribution in [3.63, 3.8) is 0 Å². The van der Waals surface area contributed by atoms with E-state index in [0.717, 1.165) is 32.8 Å². The molecule has 4 nitrogen and oxygen atoms in total. The fourth-order valence-corrected chi connectivity index (χ4v) is 3.24. The van der Waals surface area contributed by atoms with Gasteiger partial charge in [-0.1, -0.05) is 6.42 Å². The van der Waals surface area contributed by atoms with Gasteiger partial charge in [0.15, 0.2) is 0 Å². The summed E-state index contributed by atoms with van der Waals surface area (Å²) in [6.45, 7) is 8.86. The van der Waals surface area contributed by atoms with E-state index in [9.17, 15) is 5.11 Å². The van der Waals surface area contributed by atoms with Crippen molar-refractivity contribution in [2.75, 3.05) is 46.0 Å². The summed E-state index contributed by atoms with van der Waals surface area (Å²) >= 11 is 0. The number of nitrogens with zero attached hydrogens (tertiary/aromatic N) is 2. The van der Waals surface area contributed by atoms with E-state index < -0.39 is 0 Å². The molecule has 0 aromatic carbocycles. The molecule has 4 heteroatoms. The van der Waals surface area contributed by atoms with Gasteiger partial charge in [0.25, 0.3) is 0 Å². The van der Waals surface area contributed by atoms with E-state index in [0.29, 0.717) is 18.7 Å². The van der Waals surface area contributed by atoms with Crippen LogP contribution in [0.15, 0.2) is 0 Å². The van der Waals surface area contributed by atoms with E-state index in [4.69, 9.17) is 4.74 Å². The molecule has 0 bridgehead atoms. The molecule has 18 heavy (non-hydrogen) atoms. The Morgan fingerprint density at radius 2 is 1.94 bits per heavy atom. The van der Waals surface area contributed by atoms with Crippen LogP contribution >= 0.6 is 0 Å². The number of aliphatic hydroxyl groups is 1. The SMILES string of the molecule is CC1CCCC(CO)N1CCCN1CCOCC1. The highest BCUT2D eigenvalue weighted by Crippen LogP contribution is 2.22. The van der Waals surface area contributed by atoms with Crippen molar-refractivity contribution in [2.45, 2.75) is 44.7 Å². The predicted octanol–water partition coefficient (Wildman–Crippen LogP) is 0.944. The predicted molar refractivity (Wildman–Crippen MR) is 72.8 cm³/mol. The van der Waals surface area contributed by atoms with Crippen molar-refractivity contribution in [3.05, 3.63) is 0 Å². The first-order chi connectivity index (χ1) is 8.81. The molecule has 2 heterocycles. The Morgan fingerprint density at radius 1 is 1.17 bits per heavy atom. The van der Waals surface area contributed by atoms with Crippen LogP contribution in [0.1, 0.15) is 32.6 Å². The Kier molecular flexibility index (Phi) is 5.89. The second-order valence-corrected chi connectivity index (χ2v) is 5.66. The van der Waals surface area contributed by atoms with Gasteiger partial charge in [0.05, 0.1) is 19.8 Å². The molecule has 106 valence electrons. The van der Waals surface area contributed by atoms with E-state index in [-0.39, 0.29) is 0 Å². The van der Waals surface area contributed by atoms with Crippen LogP contribution in [0.3, 0.4) is 0 Å². The highest BCUT2D eigenvalue weighted by Gasteiger charge is 2.26. The molecule has 2 rings (SSSR count). The van der Waals surface area contributed by atoms with Gasteiger partial charge in [-0.2, -0.15) is 0 Å². The molecule has 0 aromatic heterocycles. The Morgan fingerprint density at radius 3 is 2.67 bits per heavy atom. The summed E-state index contributed by atoms with van der Waals surface area (Å²) in [5.41, 5.74) is 0. The second kappa shape index (κ2) is 7.43. The highest BCUT2D eigenvalue weighted by molar-refractivity contribution is 4.82. The summed E-state index contributed by atoms with van der Waals surface area (Å²) in [6, 6.07) is 1.04. The van der Waals surface area contributed by atoms with E-state index in [1.807, 2.05) is 0 Å². The molecule has 2 aliphatic rings. The molecule has 0 radical (unpaired) electrons. The van der Waals surface area contributed by atoms with Crippen molar-refractivity contribution in [1.29, 1.82) is 0 Å². The largest absolute Gasteiger partial charge is 0.395 e. The fourth-order valence-electron chi connectivity index (χ4n) is 3.24. The minimum Gasteiger partial charge on any atom is -0.395 e. The molecule has 0 aliphatic carbocycles. The van der Waals surface area contributed by atoms with Crippen LogP contribution in [0.4, 0.5) is 0 Å². The Labute approximate surface area is 111 Å².